The van der Waals surface area contributed by atoms with Crippen LogP contribution in [0.2, 0.25) is 0 Å². The highest BCUT2D eigenvalue weighted by molar-refractivity contribution is 7.91. The number of rotatable bonds is 1. The number of hydrogen-bond donors (Lipinski definition) is 1. The van der Waals surface area contributed by atoms with Crippen LogP contribution < -0.4 is 0 Å². The van der Waals surface area contributed by atoms with Crippen molar-refractivity contribution >= 4 is 9.73 Å². The lowest BCUT2D eigenvalue weighted by Gasteiger charge is -2.01. The standard InChI is InChI=1S/C7H7F2NOS/c1-12(10,11)7-3-2-5(8)4-6(7)9/h2-4,10H,1H3/t12-/m0/s1. The third-order valence-corrected chi connectivity index (χ3v) is 2.48. The molecular weight excluding hydrogens is 184 g/mol. The summed E-state index contributed by atoms with van der Waals surface area (Å²) < 4.78 is 43.2. The van der Waals surface area contributed by atoms with Crippen LogP contribution in [-0.4, -0.2) is 10.5 Å². The first kappa shape index (κ1) is 9.12. The fraction of sp³-hybridized carbons (Fsp3) is 0.143. The van der Waals surface area contributed by atoms with Crippen molar-refractivity contribution in [1.82, 2.24) is 0 Å². The first-order valence-electron chi connectivity index (χ1n) is 3.10. The molecule has 12 heavy (non-hydrogen) atoms. The predicted octanol–water partition coefficient (Wildman–Crippen LogP) is 2.00. The van der Waals surface area contributed by atoms with Crippen LogP contribution >= 0.6 is 0 Å². The van der Waals surface area contributed by atoms with Gasteiger partial charge in [-0.05, 0) is 12.1 Å². The maximum Gasteiger partial charge on any atom is 0.143 e. The first-order valence-corrected chi connectivity index (χ1v) is 5.07. The monoisotopic (exact) mass is 191 g/mol. The Morgan fingerprint density at radius 1 is 1.42 bits per heavy atom. The molecule has 1 aromatic rings. The van der Waals surface area contributed by atoms with Gasteiger partial charge in [0.25, 0.3) is 0 Å². The molecule has 0 unspecified atom stereocenters. The summed E-state index contributed by atoms with van der Waals surface area (Å²) in [6, 6.07) is 2.63. The Hall–Kier alpha value is -0.970. The van der Waals surface area contributed by atoms with Gasteiger partial charge in [0.15, 0.2) is 0 Å². The van der Waals surface area contributed by atoms with Crippen LogP contribution in [0.25, 0.3) is 0 Å². The number of nitrogens with one attached hydrogen (secondary N) is 1. The molecular formula is C7H7F2NOS. The van der Waals surface area contributed by atoms with Crippen LogP contribution in [0.4, 0.5) is 8.78 Å². The van der Waals surface area contributed by atoms with Gasteiger partial charge in [0.1, 0.15) is 11.6 Å². The van der Waals surface area contributed by atoms with Crippen molar-refractivity contribution in [2.24, 2.45) is 0 Å². The van der Waals surface area contributed by atoms with Crippen LogP contribution in [0.5, 0.6) is 0 Å². The Balaban J connectivity index is 3.39. The van der Waals surface area contributed by atoms with E-state index in [0.29, 0.717) is 6.07 Å². The van der Waals surface area contributed by atoms with Crippen molar-refractivity contribution in [3.05, 3.63) is 29.8 Å². The summed E-state index contributed by atoms with van der Waals surface area (Å²) in [7, 11) is -3.09. The van der Waals surface area contributed by atoms with Gasteiger partial charge in [0, 0.05) is 12.3 Å². The van der Waals surface area contributed by atoms with Crippen LogP contribution in [0.3, 0.4) is 0 Å². The molecule has 0 aliphatic carbocycles. The largest absolute Gasteiger partial charge is 0.249 e. The van der Waals surface area contributed by atoms with Crippen LogP contribution in [0.15, 0.2) is 23.1 Å². The Morgan fingerprint density at radius 2 is 2.00 bits per heavy atom. The molecule has 0 saturated carbocycles. The van der Waals surface area contributed by atoms with Crippen molar-refractivity contribution in [3.8, 4) is 0 Å². The van der Waals surface area contributed by atoms with E-state index in [1.54, 1.807) is 0 Å². The zero-order chi connectivity index (χ0) is 9.35. The topological polar surface area (TPSA) is 40.9 Å². The molecule has 1 N–H and O–H groups in total. The summed E-state index contributed by atoms with van der Waals surface area (Å²) in [4.78, 5) is -0.260. The van der Waals surface area contributed by atoms with E-state index in [9.17, 15) is 13.0 Å². The molecule has 5 heteroatoms. The summed E-state index contributed by atoms with van der Waals surface area (Å²) in [5.74, 6) is -1.67. The minimum Gasteiger partial charge on any atom is -0.249 e. The fourth-order valence-electron chi connectivity index (χ4n) is 0.791. The highest BCUT2D eigenvalue weighted by Crippen LogP contribution is 2.15. The summed E-state index contributed by atoms with van der Waals surface area (Å²) in [5, 5.41) is 0. The number of benzene rings is 1. The molecule has 0 heterocycles. The van der Waals surface area contributed by atoms with Gasteiger partial charge in [-0.1, -0.05) is 0 Å². The fourth-order valence-corrected chi connectivity index (χ4v) is 1.55. The lowest BCUT2D eigenvalue weighted by molar-refractivity contribution is 0.561. The maximum atomic E-state index is 12.8. The summed E-state index contributed by atoms with van der Waals surface area (Å²) in [5.41, 5.74) is 0. The zero-order valence-corrected chi connectivity index (χ0v) is 7.12. The molecule has 0 fully saturated rings. The van der Waals surface area contributed by atoms with Gasteiger partial charge in [0.2, 0.25) is 0 Å². The molecule has 0 aliphatic rings. The van der Waals surface area contributed by atoms with E-state index in [-0.39, 0.29) is 4.90 Å². The molecule has 0 radical (unpaired) electrons. The second-order valence-electron chi connectivity index (χ2n) is 2.42. The van der Waals surface area contributed by atoms with E-state index in [0.717, 1.165) is 18.4 Å². The SMILES string of the molecule is C[S@](=N)(=O)c1ccc(F)cc1F. The molecule has 1 aromatic carbocycles. The normalized spacial score (nSPS) is 15.6. The van der Waals surface area contributed by atoms with Gasteiger partial charge in [-0.25, -0.2) is 17.8 Å². The van der Waals surface area contributed by atoms with E-state index < -0.39 is 21.4 Å². The average molecular weight is 191 g/mol. The molecule has 0 amide bonds. The minimum atomic E-state index is -3.09. The van der Waals surface area contributed by atoms with E-state index in [1.807, 2.05) is 0 Å². The lowest BCUT2D eigenvalue weighted by Crippen LogP contribution is -1.98. The first-order chi connectivity index (χ1) is 5.41. The predicted molar refractivity (Wildman–Crippen MR) is 41.4 cm³/mol. The summed E-state index contributed by atoms with van der Waals surface area (Å²) >= 11 is 0. The van der Waals surface area contributed by atoms with Crippen molar-refractivity contribution in [3.63, 3.8) is 0 Å². The second kappa shape index (κ2) is 2.82. The Kier molecular flexibility index (Phi) is 2.14. The smallest absolute Gasteiger partial charge is 0.143 e. The molecule has 0 bridgehead atoms. The second-order valence-corrected chi connectivity index (χ2v) is 4.55. The summed E-state index contributed by atoms with van der Waals surface area (Å²) in [6.45, 7) is 0. The summed E-state index contributed by atoms with van der Waals surface area (Å²) in [6.07, 6.45) is 1.09. The quantitative estimate of drug-likeness (QED) is 0.724. The van der Waals surface area contributed by atoms with Gasteiger partial charge in [-0.3, -0.25) is 0 Å². The van der Waals surface area contributed by atoms with Crippen molar-refractivity contribution in [2.75, 3.05) is 6.26 Å². The Morgan fingerprint density at radius 3 is 2.42 bits per heavy atom. The van der Waals surface area contributed by atoms with E-state index in [1.165, 1.54) is 0 Å². The highest BCUT2D eigenvalue weighted by Gasteiger charge is 2.10. The van der Waals surface area contributed by atoms with Gasteiger partial charge in [-0.15, -0.1) is 0 Å². The number of halogens is 2. The van der Waals surface area contributed by atoms with Crippen LogP contribution in [0, 0.1) is 16.4 Å². The van der Waals surface area contributed by atoms with E-state index in [4.69, 9.17) is 4.78 Å². The third kappa shape index (κ3) is 1.79. The van der Waals surface area contributed by atoms with E-state index in [2.05, 4.69) is 0 Å². The van der Waals surface area contributed by atoms with Gasteiger partial charge < -0.3 is 0 Å². The zero-order valence-electron chi connectivity index (χ0n) is 6.30. The Bertz CT molecular complexity index is 400. The maximum absolute atomic E-state index is 12.8. The van der Waals surface area contributed by atoms with Crippen LogP contribution in [0.1, 0.15) is 0 Å². The molecule has 0 aliphatic heterocycles. The lowest BCUT2D eigenvalue weighted by atomic mass is 10.3. The van der Waals surface area contributed by atoms with Gasteiger partial charge in [-0.2, -0.15) is 0 Å². The van der Waals surface area contributed by atoms with Gasteiger partial charge in [0.05, 0.1) is 14.6 Å². The molecule has 66 valence electrons. The van der Waals surface area contributed by atoms with Gasteiger partial charge >= 0.3 is 0 Å². The highest BCUT2D eigenvalue weighted by atomic mass is 32.2. The van der Waals surface area contributed by atoms with Crippen LogP contribution in [-0.2, 0) is 9.73 Å². The molecule has 0 aromatic heterocycles. The molecule has 0 saturated heterocycles. The number of hydrogen-bond acceptors (Lipinski definition) is 2. The average Bonchev–Trinajstić information content (AvgIpc) is 1.83. The third-order valence-electron chi connectivity index (χ3n) is 1.31. The Labute approximate surface area is 69.2 Å². The van der Waals surface area contributed by atoms with Crippen molar-refractivity contribution in [2.45, 2.75) is 4.90 Å². The van der Waals surface area contributed by atoms with Crippen molar-refractivity contribution < 1.29 is 13.0 Å². The molecule has 2 nitrogen and oxygen atoms in total. The van der Waals surface area contributed by atoms with E-state index >= 15 is 0 Å². The molecule has 1 rings (SSSR count). The van der Waals surface area contributed by atoms with Crippen molar-refractivity contribution in [1.29, 1.82) is 4.78 Å². The minimum absolute atomic E-state index is 0.260. The molecule has 0 spiro atoms. The molecule has 1 atom stereocenters.